The third kappa shape index (κ3) is 1.61. The molecule has 0 fully saturated rings. The summed E-state index contributed by atoms with van der Waals surface area (Å²) in [6.45, 7) is 3.74. The highest BCUT2D eigenvalue weighted by molar-refractivity contribution is 5.92. The third-order valence-corrected chi connectivity index (χ3v) is 3.28. The minimum atomic E-state index is -1.47. The van der Waals surface area contributed by atoms with Crippen LogP contribution in [0.2, 0.25) is 0 Å². The molecule has 0 aliphatic carbocycles. The van der Waals surface area contributed by atoms with Crippen LogP contribution in [-0.2, 0) is 11.8 Å². The molecule has 2 N–H and O–H groups in total. The molecule has 0 saturated heterocycles. The van der Waals surface area contributed by atoms with Crippen molar-refractivity contribution in [3.8, 4) is 0 Å². The van der Waals surface area contributed by atoms with Crippen LogP contribution in [0.3, 0.4) is 0 Å². The maximum Gasteiger partial charge on any atom is 0.337 e. The topological polar surface area (TPSA) is 62.5 Å². The van der Waals surface area contributed by atoms with E-state index in [0.29, 0.717) is 5.56 Å². The van der Waals surface area contributed by atoms with Crippen LogP contribution in [0.5, 0.6) is 0 Å². The molecule has 1 aromatic carbocycles. The van der Waals surface area contributed by atoms with Gasteiger partial charge in [0, 0.05) is 29.2 Å². The SMILES string of the molecule is Cc1cccc2c1c(C(O)C(=O)O)c(C)n2C. The summed E-state index contributed by atoms with van der Waals surface area (Å²) < 4.78 is 1.91. The van der Waals surface area contributed by atoms with Crippen LogP contribution in [0.1, 0.15) is 22.9 Å². The van der Waals surface area contributed by atoms with Crippen LogP contribution in [0.15, 0.2) is 18.2 Å². The van der Waals surface area contributed by atoms with Gasteiger partial charge in [0.05, 0.1) is 0 Å². The number of aliphatic carboxylic acids is 1. The van der Waals surface area contributed by atoms with Crippen molar-refractivity contribution < 1.29 is 15.0 Å². The van der Waals surface area contributed by atoms with E-state index in [2.05, 4.69) is 0 Å². The summed E-state index contributed by atoms with van der Waals surface area (Å²) in [5, 5.41) is 19.6. The molecule has 0 bridgehead atoms. The zero-order valence-electron chi connectivity index (χ0n) is 10.1. The van der Waals surface area contributed by atoms with Gasteiger partial charge in [-0.05, 0) is 25.5 Å². The highest BCUT2D eigenvalue weighted by atomic mass is 16.4. The van der Waals surface area contributed by atoms with Crippen molar-refractivity contribution in [3.63, 3.8) is 0 Å². The Hall–Kier alpha value is -1.81. The predicted octanol–water partition coefficient (Wildman–Crippen LogP) is 1.91. The van der Waals surface area contributed by atoms with Crippen molar-refractivity contribution in [1.82, 2.24) is 4.57 Å². The van der Waals surface area contributed by atoms with Crippen molar-refractivity contribution in [2.75, 3.05) is 0 Å². The highest BCUT2D eigenvalue weighted by Crippen LogP contribution is 2.32. The summed E-state index contributed by atoms with van der Waals surface area (Å²) in [6.07, 6.45) is -1.47. The van der Waals surface area contributed by atoms with Gasteiger partial charge < -0.3 is 14.8 Å². The van der Waals surface area contributed by atoms with E-state index in [-0.39, 0.29) is 0 Å². The highest BCUT2D eigenvalue weighted by Gasteiger charge is 2.24. The molecule has 4 heteroatoms. The fourth-order valence-electron chi connectivity index (χ4n) is 2.28. The summed E-state index contributed by atoms with van der Waals surface area (Å²) in [5.41, 5.74) is 3.19. The van der Waals surface area contributed by atoms with E-state index in [1.165, 1.54) is 0 Å². The number of rotatable bonds is 2. The second-order valence-corrected chi connectivity index (χ2v) is 4.27. The Kier molecular flexibility index (Phi) is 2.67. The minimum Gasteiger partial charge on any atom is -0.479 e. The number of carboxylic acid groups (broad SMARTS) is 1. The summed E-state index contributed by atoms with van der Waals surface area (Å²) in [4.78, 5) is 11.0. The molecule has 4 nitrogen and oxygen atoms in total. The van der Waals surface area contributed by atoms with Crippen molar-refractivity contribution in [2.24, 2.45) is 7.05 Å². The molecule has 0 spiro atoms. The van der Waals surface area contributed by atoms with Gasteiger partial charge >= 0.3 is 5.97 Å². The number of aromatic nitrogens is 1. The molecule has 0 aliphatic heterocycles. The number of hydrogen-bond donors (Lipinski definition) is 2. The van der Waals surface area contributed by atoms with E-state index >= 15 is 0 Å². The first-order valence-corrected chi connectivity index (χ1v) is 5.40. The van der Waals surface area contributed by atoms with Crippen molar-refractivity contribution in [2.45, 2.75) is 20.0 Å². The lowest BCUT2D eigenvalue weighted by Gasteiger charge is -2.07. The van der Waals surface area contributed by atoms with Crippen molar-refractivity contribution in [1.29, 1.82) is 0 Å². The smallest absolute Gasteiger partial charge is 0.337 e. The number of carbonyl (C=O) groups is 1. The molecule has 0 saturated carbocycles. The number of hydrogen-bond acceptors (Lipinski definition) is 2. The van der Waals surface area contributed by atoms with Gasteiger partial charge in [0.15, 0.2) is 6.10 Å². The summed E-state index contributed by atoms with van der Waals surface area (Å²) in [5.74, 6) is -1.22. The average Bonchev–Trinajstić information content (AvgIpc) is 2.53. The van der Waals surface area contributed by atoms with Gasteiger partial charge in [0.1, 0.15) is 0 Å². The van der Waals surface area contributed by atoms with Crippen molar-refractivity contribution in [3.05, 3.63) is 35.0 Å². The first-order chi connectivity index (χ1) is 7.95. The molecule has 1 heterocycles. The Labute approximate surface area is 99.1 Å². The van der Waals surface area contributed by atoms with Crippen LogP contribution in [0, 0.1) is 13.8 Å². The molecular weight excluding hydrogens is 218 g/mol. The second-order valence-electron chi connectivity index (χ2n) is 4.27. The summed E-state index contributed by atoms with van der Waals surface area (Å²) >= 11 is 0. The Morgan fingerprint density at radius 3 is 2.59 bits per heavy atom. The number of benzene rings is 1. The zero-order chi connectivity index (χ0) is 12.7. The molecule has 2 aromatic rings. The van der Waals surface area contributed by atoms with Crippen LogP contribution in [0.25, 0.3) is 10.9 Å². The van der Waals surface area contributed by atoms with E-state index in [9.17, 15) is 9.90 Å². The quantitative estimate of drug-likeness (QED) is 0.832. The van der Waals surface area contributed by atoms with Gasteiger partial charge in [-0.25, -0.2) is 4.79 Å². The fourth-order valence-corrected chi connectivity index (χ4v) is 2.28. The lowest BCUT2D eigenvalue weighted by molar-refractivity contribution is -0.146. The molecule has 1 atom stereocenters. The van der Waals surface area contributed by atoms with Gasteiger partial charge in [0.2, 0.25) is 0 Å². The fraction of sp³-hybridized carbons (Fsp3) is 0.308. The lowest BCUT2D eigenvalue weighted by Crippen LogP contribution is -2.11. The van der Waals surface area contributed by atoms with Crippen LogP contribution < -0.4 is 0 Å². The van der Waals surface area contributed by atoms with Crippen LogP contribution >= 0.6 is 0 Å². The first kappa shape index (κ1) is 11.7. The lowest BCUT2D eigenvalue weighted by atomic mass is 10.0. The molecule has 2 rings (SSSR count). The van der Waals surface area contributed by atoms with E-state index < -0.39 is 12.1 Å². The number of carboxylic acids is 1. The van der Waals surface area contributed by atoms with Gasteiger partial charge in [-0.3, -0.25) is 0 Å². The number of fused-ring (bicyclic) bond motifs is 1. The van der Waals surface area contributed by atoms with Crippen LogP contribution in [0.4, 0.5) is 0 Å². The third-order valence-electron chi connectivity index (χ3n) is 3.28. The molecule has 1 unspecified atom stereocenters. The summed E-state index contributed by atoms with van der Waals surface area (Å²) in [7, 11) is 1.87. The number of aliphatic hydroxyl groups is 1. The Morgan fingerprint density at radius 2 is 2.00 bits per heavy atom. The predicted molar refractivity (Wildman–Crippen MR) is 65.0 cm³/mol. The average molecular weight is 233 g/mol. The summed E-state index contributed by atoms with van der Waals surface area (Å²) in [6, 6.07) is 5.77. The van der Waals surface area contributed by atoms with E-state index in [1.54, 1.807) is 0 Å². The Bertz CT molecular complexity index is 598. The first-order valence-electron chi connectivity index (χ1n) is 5.40. The number of nitrogens with zero attached hydrogens (tertiary/aromatic N) is 1. The normalized spacial score (nSPS) is 12.9. The molecule has 17 heavy (non-hydrogen) atoms. The Morgan fingerprint density at radius 1 is 1.35 bits per heavy atom. The number of aryl methyl sites for hydroxylation is 2. The Balaban J connectivity index is 2.87. The van der Waals surface area contributed by atoms with Crippen LogP contribution in [-0.4, -0.2) is 20.7 Å². The zero-order valence-corrected chi connectivity index (χ0v) is 10.1. The van der Waals surface area contributed by atoms with Gasteiger partial charge in [-0.2, -0.15) is 0 Å². The number of aliphatic hydroxyl groups excluding tert-OH is 1. The molecular formula is C13H15NO3. The second kappa shape index (κ2) is 3.89. The molecule has 0 aliphatic rings. The monoisotopic (exact) mass is 233 g/mol. The minimum absolute atomic E-state index is 0.494. The van der Waals surface area contributed by atoms with E-state index in [1.807, 2.05) is 43.7 Å². The van der Waals surface area contributed by atoms with Gasteiger partial charge in [-0.1, -0.05) is 12.1 Å². The molecule has 0 radical (unpaired) electrons. The molecule has 90 valence electrons. The van der Waals surface area contributed by atoms with E-state index in [0.717, 1.165) is 22.2 Å². The van der Waals surface area contributed by atoms with E-state index in [4.69, 9.17) is 5.11 Å². The molecule has 1 aromatic heterocycles. The van der Waals surface area contributed by atoms with Crippen molar-refractivity contribution >= 4 is 16.9 Å². The van der Waals surface area contributed by atoms with Gasteiger partial charge in [0.25, 0.3) is 0 Å². The largest absolute Gasteiger partial charge is 0.479 e. The maximum atomic E-state index is 11.0. The standard InChI is InChI=1S/C13H15NO3/c1-7-5-4-6-9-10(7)11(8(2)14(9)3)12(15)13(16)17/h4-6,12,15H,1-3H3,(H,16,17). The maximum absolute atomic E-state index is 11.0. The molecule has 0 amide bonds. The van der Waals surface area contributed by atoms with Gasteiger partial charge in [-0.15, -0.1) is 0 Å².